The van der Waals surface area contributed by atoms with Gasteiger partial charge in [0.1, 0.15) is 5.82 Å². The van der Waals surface area contributed by atoms with Crippen LogP contribution in [0.1, 0.15) is 42.1 Å². The minimum atomic E-state index is -0.401. The van der Waals surface area contributed by atoms with Gasteiger partial charge in [0.05, 0.1) is 23.6 Å². The molecule has 4 rings (SSSR count). The van der Waals surface area contributed by atoms with E-state index in [1.54, 1.807) is 28.8 Å². The van der Waals surface area contributed by atoms with Crippen LogP contribution in [-0.4, -0.2) is 34.7 Å². The number of carbonyl (C=O) groups excluding carboxylic acids is 1. The summed E-state index contributed by atoms with van der Waals surface area (Å²) in [7, 11) is 0. The zero-order valence-electron chi connectivity index (χ0n) is 18.3. The molecule has 33 heavy (non-hydrogen) atoms. The monoisotopic (exact) mass is 489 g/mol. The molecule has 1 amide bonds. The van der Waals surface area contributed by atoms with Gasteiger partial charge < -0.3 is 10.1 Å². The van der Waals surface area contributed by atoms with E-state index in [0.29, 0.717) is 52.1 Å². The van der Waals surface area contributed by atoms with Crippen molar-refractivity contribution in [3.8, 4) is 0 Å². The van der Waals surface area contributed by atoms with Crippen molar-refractivity contribution in [2.75, 3.05) is 13.2 Å². The number of carbonyl (C=O) groups is 1. The first-order chi connectivity index (χ1) is 16.0. The zero-order valence-corrected chi connectivity index (χ0v) is 19.8. The number of benzene rings is 2. The van der Waals surface area contributed by atoms with Gasteiger partial charge >= 0.3 is 0 Å². The van der Waals surface area contributed by atoms with Crippen molar-refractivity contribution in [2.24, 2.45) is 0 Å². The molecule has 1 aliphatic rings. The number of thioether (sulfide) groups is 1. The standard InChI is InChI=1S/C24H25ClFN3O3S/c1-2-9-27-22(30)15-6-8-19-21(11-15)28-24(29(23(19)31)13-18-4-3-10-32-18)33-14-16-5-7-17(26)12-20(16)25/h5-8,11-12,18H,2-4,9-10,13-14H2,1H3,(H,27,30). The summed E-state index contributed by atoms with van der Waals surface area (Å²) in [6.07, 6.45) is 2.63. The third-order valence-corrected chi connectivity index (χ3v) is 6.88. The van der Waals surface area contributed by atoms with E-state index < -0.39 is 5.82 Å². The largest absolute Gasteiger partial charge is 0.376 e. The first-order valence-electron chi connectivity index (χ1n) is 11.0. The average Bonchev–Trinajstić information content (AvgIpc) is 3.32. The fourth-order valence-corrected chi connectivity index (χ4v) is 5.05. The molecule has 1 unspecified atom stereocenters. The average molecular weight is 490 g/mol. The van der Waals surface area contributed by atoms with Gasteiger partial charge in [0.15, 0.2) is 5.16 Å². The third-order valence-electron chi connectivity index (χ3n) is 5.50. The zero-order chi connectivity index (χ0) is 23.4. The Labute approximate surface area is 200 Å². The van der Waals surface area contributed by atoms with E-state index >= 15 is 0 Å². The van der Waals surface area contributed by atoms with E-state index in [4.69, 9.17) is 21.3 Å². The minimum Gasteiger partial charge on any atom is -0.376 e. The van der Waals surface area contributed by atoms with E-state index in [2.05, 4.69) is 5.32 Å². The second-order valence-electron chi connectivity index (χ2n) is 7.96. The van der Waals surface area contributed by atoms with Crippen LogP contribution >= 0.6 is 23.4 Å². The summed E-state index contributed by atoms with van der Waals surface area (Å²) in [4.78, 5) is 30.5. The van der Waals surface area contributed by atoms with Gasteiger partial charge in [-0.1, -0.05) is 36.4 Å². The molecule has 0 radical (unpaired) electrons. The second kappa shape index (κ2) is 10.7. The molecule has 0 spiro atoms. The number of nitrogens with one attached hydrogen (secondary N) is 1. The van der Waals surface area contributed by atoms with Crippen molar-refractivity contribution in [2.45, 2.75) is 49.7 Å². The molecule has 0 bridgehead atoms. The van der Waals surface area contributed by atoms with E-state index in [0.717, 1.165) is 24.8 Å². The van der Waals surface area contributed by atoms with Crippen LogP contribution in [0.15, 0.2) is 46.3 Å². The van der Waals surface area contributed by atoms with Crippen LogP contribution in [0.3, 0.4) is 0 Å². The maximum atomic E-state index is 13.4. The summed E-state index contributed by atoms with van der Waals surface area (Å²) >= 11 is 7.54. The lowest BCUT2D eigenvalue weighted by atomic mass is 10.1. The van der Waals surface area contributed by atoms with Crippen LogP contribution in [0.25, 0.3) is 10.9 Å². The van der Waals surface area contributed by atoms with Gasteiger partial charge in [-0.25, -0.2) is 9.37 Å². The minimum absolute atomic E-state index is 0.0465. The van der Waals surface area contributed by atoms with Crippen LogP contribution in [-0.2, 0) is 17.0 Å². The van der Waals surface area contributed by atoms with Crippen molar-refractivity contribution < 1.29 is 13.9 Å². The van der Waals surface area contributed by atoms with E-state index in [1.807, 2.05) is 6.92 Å². The molecule has 3 aromatic rings. The summed E-state index contributed by atoms with van der Waals surface area (Å²) in [5.74, 6) is -0.183. The highest BCUT2D eigenvalue weighted by atomic mass is 35.5. The number of hydrogen-bond acceptors (Lipinski definition) is 5. The number of fused-ring (bicyclic) bond motifs is 1. The molecule has 0 aliphatic carbocycles. The fourth-order valence-electron chi connectivity index (χ4n) is 3.73. The van der Waals surface area contributed by atoms with Crippen molar-refractivity contribution in [1.82, 2.24) is 14.9 Å². The number of ether oxygens (including phenoxy) is 1. The van der Waals surface area contributed by atoms with E-state index in [-0.39, 0.29) is 17.6 Å². The van der Waals surface area contributed by atoms with Crippen molar-refractivity contribution in [1.29, 1.82) is 0 Å². The molecule has 2 aromatic carbocycles. The van der Waals surface area contributed by atoms with Gasteiger partial charge in [-0.05, 0) is 55.2 Å². The van der Waals surface area contributed by atoms with Crippen molar-refractivity contribution in [3.05, 3.63) is 68.7 Å². The Morgan fingerprint density at radius 3 is 2.91 bits per heavy atom. The van der Waals surface area contributed by atoms with Crippen molar-refractivity contribution in [3.63, 3.8) is 0 Å². The summed E-state index contributed by atoms with van der Waals surface area (Å²) in [5.41, 5.74) is 1.48. The lowest BCUT2D eigenvalue weighted by molar-refractivity contribution is 0.0937. The smallest absolute Gasteiger partial charge is 0.262 e. The Morgan fingerprint density at radius 2 is 2.18 bits per heavy atom. The summed E-state index contributed by atoms with van der Waals surface area (Å²) in [5, 5.41) is 4.12. The molecular weight excluding hydrogens is 465 g/mol. The molecule has 1 fully saturated rings. The van der Waals surface area contributed by atoms with Gasteiger partial charge in [-0.2, -0.15) is 0 Å². The molecule has 2 heterocycles. The van der Waals surface area contributed by atoms with Gasteiger partial charge in [0.2, 0.25) is 0 Å². The molecule has 174 valence electrons. The highest BCUT2D eigenvalue weighted by Gasteiger charge is 2.21. The molecule has 1 atom stereocenters. The number of aromatic nitrogens is 2. The summed E-state index contributed by atoms with van der Waals surface area (Å²) in [6.45, 7) is 3.65. The fraction of sp³-hybridized carbons (Fsp3) is 0.375. The van der Waals surface area contributed by atoms with E-state index in [9.17, 15) is 14.0 Å². The number of amides is 1. The molecule has 1 aromatic heterocycles. The molecule has 9 heteroatoms. The third kappa shape index (κ3) is 5.57. The quantitative estimate of drug-likeness (QED) is 0.363. The maximum absolute atomic E-state index is 13.4. The molecule has 0 saturated carbocycles. The topological polar surface area (TPSA) is 73.2 Å². The molecule has 1 aliphatic heterocycles. The predicted octanol–water partition coefficient (Wildman–Crippen LogP) is 4.80. The molecular formula is C24H25ClFN3O3S. The van der Waals surface area contributed by atoms with Gasteiger partial charge in [-0.3, -0.25) is 14.2 Å². The Bertz CT molecular complexity index is 1230. The van der Waals surface area contributed by atoms with Crippen LogP contribution < -0.4 is 10.9 Å². The first-order valence-corrected chi connectivity index (χ1v) is 12.3. The SMILES string of the molecule is CCCNC(=O)c1ccc2c(=O)n(CC3CCCO3)c(SCc3ccc(F)cc3Cl)nc2c1. The Hall–Kier alpha value is -2.42. The predicted molar refractivity (Wildman–Crippen MR) is 129 cm³/mol. The van der Waals surface area contributed by atoms with Crippen LogP contribution in [0.5, 0.6) is 0 Å². The summed E-state index contributed by atoms with van der Waals surface area (Å²) in [6, 6.07) is 9.21. The number of rotatable bonds is 8. The first kappa shape index (κ1) is 23.7. The van der Waals surface area contributed by atoms with Gasteiger partial charge in [-0.15, -0.1) is 0 Å². The Morgan fingerprint density at radius 1 is 1.33 bits per heavy atom. The highest BCUT2D eigenvalue weighted by Crippen LogP contribution is 2.28. The normalized spacial score (nSPS) is 15.8. The summed E-state index contributed by atoms with van der Waals surface area (Å²) < 4.78 is 20.8. The van der Waals surface area contributed by atoms with Crippen molar-refractivity contribution >= 4 is 40.2 Å². The highest BCUT2D eigenvalue weighted by molar-refractivity contribution is 7.98. The second-order valence-corrected chi connectivity index (χ2v) is 9.31. The lowest BCUT2D eigenvalue weighted by Crippen LogP contribution is -2.29. The van der Waals surface area contributed by atoms with Crippen LogP contribution in [0.2, 0.25) is 5.02 Å². The number of hydrogen-bond donors (Lipinski definition) is 1. The number of nitrogens with zero attached hydrogens (tertiary/aromatic N) is 2. The van der Waals surface area contributed by atoms with Gasteiger partial charge in [0.25, 0.3) is 11.5 Å². The van der Waals surface area contributed by atoms with Gasteiger partial charge in [0, 0.05) is 29.5 Å². The lowest BCUT2D eigenvalue weighted by Gasteiger charge is -2.17. The maximum Gasteiger partial charge on any atom is 0.262 e. The molecule has 1 saturated heterocycles. The molecule has 1 N–H and O–H groups in total. The van der Waals surface area contributed by atoms with E-state index in [1.165, 1.54) is 23.9 Å². The van der Waals surface area contributed by atoms with Crippen LogP contribution in [0.4, 0.5) is 4.39 Å². The van der Waals surface area contributed by atoms with Crippen LogP contribution in [0, 0.1) is 5.82 Å². The molecule has 6 nitrogen and oxygen atoms in total. The number of halogens is 2. The Balaban J connectivity index is 1.71. The Kier molecular flexibility index (Phi) is 7.67.